The molecule has 2 aromatic carbocycles. The van der Waals surface area contributed by atoms with Crippen molar-refractivity contribution in [1.29, 1.82) is 0 Å². The van der Waals surface area contributed by atoms with Gasteiger partial charge < -0.3 is 5.11 Å². The molecule has 0 aliphatic carbocycles. The Kier molecular flexibility index (Phi) is 4.78. The van der Waals surface area contributed by atoms with E-state index in [-0.39, 0.29) is 17.7 Å². The topological polar surface area (TPSA) is 55.1 Å². The quantitative estimate of drug-likeness (QED) is 0.553. The Morgan fingerprint density at radius 3 is 2.64 bits per heavy atom. The zero-order valence-electron chi connectivity index (χ0n) is 14.9. The minimum Gasteiger partial charge on any atom is -0.386 e. The first-order valence-electron chi connectivity index (χ1n) is 8.60. The molecule has 4 nitrogen and oxygen atoms in total. The molecule has 1 unspecified atom stereocenters. The first kappa shape index (κ1) is 18.5. The van der Waals surface area contributed by atoms with Gasteiger partial charge in [0.25, 0.3) is 5.56 Å². The molecular formula is C21H16F2N2O2S. The zero-order chi connectivity index (χ0) is 19.8. The summed E-state index contributed by atoms with van der Waals surface area (Å²) in [6, 6.07) is 10.8. The molecule has 1 N–H and O–H groups in total. The summed E-state index contributed by atoms with van der Waals surface area (Å²) in [6.45, 7) is 1.80. The molecule has 0 fully saturated rings. The molecular weight excluding hydrogens is 382 g/mol. The molecule has 7 heteroatoms. The van der Waals surface area contributed by atoms with Gasteiger partial charge in [0.2, 0.25) is 0 Å². The standard InChI is InChI=1S/C21H16F2N2O2S/c1-12-2-4-13(5-3-12)16-10-28-20-19(16)21(27)25(11-24-20)9-18(26)15-7-6-14(22)8-17(15)23/h2-8,10-11,18,26H,9H2,1H3. The summed E-state index contributed by atoms with van der Waals surface area (Å²) in [7, 11) is 0. The number of fused-ring (bicyclic) bond motifs is 1. The Hall–Kier alpha value is -2.90. The van der Waals surface area contributed by atoms with Crippen LogP contribution in [0, 0.1) is 18.6 Å². The average Bonchev–Trinajstić information content (AvgIpc) is 3.09. The van der Waals surface area contributed by atoms with Gasteiger partial charge >= 0.3 is 0 Å². The summed E-state index contributed by atoms with van der Waals surface area (Å²) in [6.07, 6.45) is 0.0316. The lowest BCUT2D eigenvalue weighted by molar-refractivity contribution is 0.150. The number of hydrogen-bond donors (Lipinski definition) is 1. The highest BCUT2D eigenvalue weighted by molar-refractivity contribution is 7.17. The normalized spacial score (nSPS) is 12.4. The maximum Gasteiger partial charge on any atom is 0.262 e. The molecule has 0 saturated heterocycles. The summed E-state index contributed by atoms with van der Waals surface area (Å²) < 4.78 is 28.3. The predicted octanol–water partition coefficient (Wildman–Crippen LogP) is 4.45. The fourth-order valence-corrected chi connectivity index (χ4v) is 4.01. The predicted molar refractivity (Wildman–Crippen MR) is 105 cm³/mol. The third-order valence-corrected chi connectivity index (χ3v) is 5.50. The maximum absolute atomic E-state index is 13.9. The van der Waals surface area contributed by atoms with Crippen LogP contribution in [-0.4, -0.2) is 14.7 Å². The van der Waals surface area contributed by atoms with E-state index in [1.165, 1.54) is 28.3 Å². The van der Waals surface area contributed by atoms with Crippen molar-refractivity contribution in [3.63, 3.8) is 0 Å². The van der Waals surface area contributed by atoms with E-state index in [1.54, 1.807) is 0 Å². The van der Waals surface area contributed by atoms with Gasteiger partial charge in [-0.25, -0.2) is 13.8 Å². The highest BCUT2D eigenvalue weighted by atomic mass is 32.1. The summed E-state index contributed by atoms with van der Waals surface area (Å²) in [5.74, 6) is -1.58. The molecule has 0 radical (unpaired) electrons. The number of halogens is 2. The summed E-state index contributed by atoms with van der Waals surface area (Å²) in [5.41, 5.74) is 2.40. The van der Waals surface area contributed by atoms with Crippen LogP contribution in [0.4, 0.5) is 8.78 Å². The fourth-order valence-electron chi connectivity index (χ4n) is 3.10. The molecule has 0 aliphatic heterocycles. The number of nitrogens with zero attached hydrogens (tertiary/aromatic N) is 2. The summed E-state index contributed by atoms with van der Waals surface area (Å²) >= 11 is 1.37. The van der Waals surface area contributed by atoms with E-state index < -0.39 is 17.7 Å². The number of benzene rings is 2. The molecule has 4 aromatic rings. The molecule has 4 rings (SSSR count). The van der Waals surface area contributed by atoms with E-state index in [2.05, 4.69) is 4.98 Å². The van der Waals surface area contributed by atoms with Gasteiger partial charge in [-0.05, 0) is 18.6 Å². The van der Waals surface area contributed by atoms with Crippen LogP contribution in [0.3, 0.4) is 0 Å². The van der Waals surface area contributed by atoms with E-state index in [0.29, 0.717) is 16.3 Å². The lowest BCUT2D eigenvalue weighted by Crippen LogP contribution is -2.24. The zero-order valence-corrected chi connectivity index (χ0v) is 15.7. The van der Waals surface area contributed by atoms with Gasteiger partial charge in [-0.3, -0.25) is 9.36 Å². The molecule has 0 amide bonds. The van der Waals surface area contributed by atoms with Gasteiger partial charge in [0.15, 0.2) is 0 Å². The van der Waals surface area contributed by atoms with Gasteiger partial charge in [-0.1, -0.05) is 35.9 Å². The van der Waals surface area contributed by atoms with Crippen molar-refractivity contribution in [2.24, 2.45) is 0 Å². The number of hydrogen-bond acceptors (Lipinski definition) is 4. The third-order valence-electron chi connectivity index (χ3n) is 4.61. The van der Waals surface area contributed by atoms with Gasteiger partial charge in [-0.15, -0.1) is 11.3 Å². The Morgan fingerprint density at radius 1 is 1.18 bits per heavy atom. The minimum absolute atomic E-state index is 0.0718. The van der Waals surface area contributed by atoms with Crippen LogP contribution >= 0.6 is 11.3 Å². The largest absolute Gasteiger partial charge is 0.386 e. The average molecular weight is 398 g/mol. The number of aliphatic hydroxyl groups excluding tert-OH is 1. The van der Waals surface area contributed by atoms with Crippen molar-refractivity contribution >= 4 is 21.6 Å². The minimum atomic E-state index is -1.31. The number of aliphatic hydroxyl groups is 1. The second kappa shape index (κ2) is 7.26. The van der Waals surface area contributed by atoms with E-state index in [4.69, 9.17) is 0 Å². The highest BCUT2D eigenvalue weighted by Gasteiger charge is 2.18. The summed E-state index contributed by atoms with van der Waals surface area (Å²) in [4.78, 5) is 17.9. The van der Waals surface area contributed by atoms with Crippen LogP contribution in [0.25, 0.3) is 21.3 Å². The Morgan fingerprint density at radius 2 is 1.93 bits per heavy atom. The van der Waals surface area contributed by atoms with E-state index in [9.17, 15) is 18.7 Å². The highest BCUT2D eigenvalue weighted by Crippen LogP contribution is 2.31. The van der Waals surface area contributed by atoms with Crippen molar-refractivity contribution in [2.75, 3.05) is 0 Å². The Balaban J connectivity index is 1.74. The fraction of sp³-hybridized carbons (Fsp3) is 0.143. The number of thiophene rings is 1. The molecule has 0 spiro atoms. The first-order valence-corrected chi connectivity index (χ1v) is 9.48. The van der Waals surface area contributed by atoms with Crippen molar-refractivity contribution in [2.45, 2.75) is 19.6 Å². The number of rotatable bonds is 4. The summed E-state index contributed by atoms with van der Waals surface area (Å²) in [5, 5.41) is 12.7. The van der Waals surface area contributed by atoms with Crippen LogP contribution in [0.5, 0.6) is 0 Å². The van der Waals surface area contributed by atoms with Gasteiger partial charge in [0.05, 0.1) is 24.4 Å². The molecule has 1 atom stereocenters. The molecule has 2 heterocycles. The van der Waals surface area contributed by atoms with Gasteiger partial charge in [-0.2, -0.15) is 0 Å². The number of aryl methyl sites for hydroxylation is 1. The first-order chi connectivity index (χ1) is 13.4. The molecule has 0 saturated carbocycles. The molecule has 28 heavy (non-hydrogen) atoms. The maximum atomic E-state index is 13.9. The van der Waals surface area contributed by atoms with E-state index >= 15 is 0 Å². The molecule has 0 bridgehead atoms. The third kappa shape index (κ3) is 3.34. The molecule has 0 aliphatic rings. The van der Waals surface area contributed by atoms with E-state index in [1.807, 2.05) is 36.6 Å². The molecule has 142 valence electrons. The molecule has 2 aromatic heterocycles. The monoisotopic (exact) mass is 398 g/mol. The van der Waals surface area contributed by atoms with Crippen molar-refractivity contribution in [1.82, 2.24) is 9.55 Å². The van der Waals surface area contributed by atoms with E-state index in [0.717, 1.165) is 22.8 Å². The van der Waals surface area contributed by atoms with Crippen molar-refractivity contribution in [3.8, 4) is 11.1 Å². The van der Waals surface area contributed by atoms with Crippen molar-refractivity contribution < 1.29 is 13.9 Å². The lowest BCUT2D eigenvalue weighted by Gasteiger charge is -2.14. The Labute approximate surface area is 163 Å². The second-order valence-electron chi connectivity index (χ2n) is 6.58. The number of aromatic nitrogens is 2. The Bertz CT molecular complexity index is 1220. The lowest BCUT2D eigenvalue weighted by atomic mass is 10.0. The van der Waals surface area contributed by atoms with Crippen LogP contribution in [-0.2, 0) is 6.54 Å². The van der Waals surface area contributed by atoms with Gasteiger partial charge in [0, 0.05) is 22.6 Å². The smallest absolute Gasteiger partial charge is 0.262 e. The van der Waals surface area contributed by atoms with Gasteiger partial charge in [0.1, 0.15) is 16.5 Å². The van der Waals surface area contributed by atoms with Crippen LogP contribution in [0.15, 0.2) is 59.0 Å². The SMILES string of the molecule is Cc1ccc(-c2csc3ncn(CC(O)c4ccc(F)cc4F)c(=O)c23)cc1. The van der Waals surface area contributed by atoms with Crippen LogP contribution < -0.4 is 5.56 Å². The van der Waals surface area contributed by atoms with Crippen LogP contribution in [0.1, 0.15) is 17.2 Å². The second-order valence-corrected chi connectivity index (χ2v) is 7.44. The van der Waals surface area contributed by atoms with Crippen molar-refractivity contribution in [3.05, 3.63) is 87.3 Å². The van der Waals surface area contributed by atoms with Crippen LogP contribution in [0.2, 0.25) is 0 Å².